The third-order valence-corrected chi connectivity index (χ3v) is 3.01. The van der Waals surface area contributed by atoms with Gasteiger partial charge in [-0.05, 0) is 24.6 Å². The summed E-state index contributed by atoms with van der Waals surface area (Å²) in [5.74, 6) is 0. The van der Waals surface area contributed by atoms with Crippen molar-refractivity contribution in [2.45, 2.75) is 33.7 Å². The molecule has 79 valence electrons. The summed E-state index contributed by atoms with van der Waals surface area (Å²) >= 11 is 0. The molecule has 1 heterocycles. The third kappa shape index (κ3) is 1.98. The summed E-state index contributed by atoms with van der Waals surface area (Å²) in [5.41, 5.74) is 4.23. The molecule has 0 spiro atoms. The van der Waals surface area contributed by atoms with Gasteiger partial charge in [0.1, 0.15) is 0 Å². The van der Waals surface area contributed by atoms with Gasteiger partial charge in [-0.25, -0.2) is 0 Å². The number of benzene rings is 1. The quantitative estimate of drug-likeness (QED) is 0.663. The monoisotopic (exact) mass is 201 g/mol. The van der Waals surface area contributed by atoms with Crippen molar-refractivity contribution in [1.82, 2.24) is 0 Å². The number of hydrogen-bond donors (Lipinski definition) is 1. The summed E-state index contributed by atoms with van der Waals surface area (Å²) in [7, 11) is 0. The van der Waals surface area contributed by atoms with E-state index in [-0.39, 0.29) is 5.41 Å². The second-order valence-corrected chi connectivity index (χ2v) is 5.38. The number of rotatable bonds is 0. The maximum absolute atomic E-state index is 3.59. The van der Waals surface area contributed by atoms with E-state index in [4.69, 9.17) is 0 Å². The fourth-order valence-electron chi connectivity index (χ4n) is 1.97. The first kappa shape index (κ1) is 10.4. The van der Waals surface area contributed by atoms with Gasteiger partial charge in [-0.2, -0.15) is 0 Å². The molecule has 0 saturated heterocycles. The molecule has 0 aromatic heterocycles. The number of fused-ring (bicyclic) bond motifs is 1. The molecule has 1 aromatic rings. The maximum atomic E-state index is 3.59. The van der Waals surface area contributed by atoms with Crippen molar-refractivity contribution < 1.29 is 5.32 Å². The summed E-state index contributed by atoms with van der Waals surface area (Å²) in [4.78, 5) is 0. The summed E-state index contributed by atoms with van der Waals surface area (Å²) in [6, 6.07) is 8.93. The number of nitrogens with one attached hydrogen (secondary N) is 1. The Labute approximate surface area is 92.2 Å². The molecule has 2 rings (SSSR count). The van der Waals surface area contributed by atoms with E-state index in [2.05, 4.69) is 63.4 Å². The molecule has 0 fully saturated rings. The van der Waals surface area contributed by atoms with Gasteiger partial charge in [0.05, 0.1) is 0 Å². The largest absolute Gasteiger partial charge is 0.187 e. The first-order valence-electron chi connectivity index (χ1n) is 5.53. The van der Waals surface area contributed by atoms with E-state index < -0.39 is 0 Å². The Bertz CT molecular complexity index is 396. The summed E-state index contributed by atoms with van der Waals surface area (Å²) in [6.07, 6.45) is 2.34. The van der Waals surface area contributed by atoms with Crippen LogP contribution in [0.1, 0.15) is 33.3 Å². The Morgan fingerprint density at radius 1 is 1.13 bits per heavy atom. The molecule has 0 amide bonds. The maximum Gasteiger partial charge on any atom is 0.187 e. The Morgan fingerprint density at radius 3 is 2.47 bits per heavy atom. The minimum atomic E-state index is 0.259. The first-order valence-corrected chi connectivity index (χ1v) is 5.53. The van der Waals surface area contributed by atoms with Gasteiger partial charge in [0.25, 0.3) is 0 Å². The second-order valence-electron chi connectivity index (χ2n) is 5.38. The van der Waals surface area contributed by atoms with Crippen LogP contribution in [-0.2, 0) is 0 Å². The Balaban J connectivity index is 2.41. The molecule has 1 nitrogen and oxygen atoms in total. The fourth-order valence-corrected chi connectivity index (χ4v) is 1.97. The highest BCUT2D eigenvalue weighted by molar-refractivity contribution is 5.72. The molecular formula is C14H19N+. The van der Waals surface area contributed by atoms with E-state index in [1.165, 1.54) is 16.8 Å². The van der Waals surface area contributed by atoms with Crippen molar-refractivity contribution in [3.8, 4) is 0 Å². The fraction of sp³-hybridized carbons (Fsp3) is 0.429. The predicted molar refractivity (Wildman–Crippen MR) is 64.0 cm³/mol. The van der Waals surface area contributed by atoms with Crippen LogP contribution in [0.5, 0.6) is 0 Å². The molecule has 1 aliphatic heterocycles. The smallest absolute Gasteiger partial charge is 0.139 e. The number of para-hydroxylation sites is 1. The van der Waals surface area contributed by atoms with Crippen LogP contribution in [0.15, 0.2) is 30.3 Å². The molecule has 1 heteroatoms. The third-order valence-electron chi connectivity index (χ3n) is 3.01. The van der Waals surface area contributed by atoms with Crippen LogP contribution in [0.2, 0.25) is 0 Å². The molecule has 1 aliphatic rings. The van der Waals surface area contributed by atoms with E-state index >= 15 is 0 Å². The van der Waals surface area contributed by atoms with Gasteiger partial charge in [-0.1, -0.05) is 32.9 Å². The molecule has 0 aliphatic carbocycles. The van der Waals surface area contributed by atoms with E-state index in [9.17, 15) is 0 Å². The summed E-state index contributed by atoms with van der Waals surface area (Å²) in [5, 5.41) is 3.59. The lowest BCUT2D eigenvalue weighted by Crippen LogP contribution is -2.88. The highest BCUT2D eigenvalue weighted by Gasteiger charge is 2.33. The number of anilines is 1. The lowest BCUT2D eigenvalue weighted by atomic mass is 9.82. The van der Waals surface area contributed by atoms with Crippen LogP contribution in [0.3, 0.4) is 0 Å². The van der Waals surface area contributed by atoms with Crippen molar-refractivity contribution in [3.63, 3.8) is 0 Å². The average Bonchev–Trinajstić information content (AvgIpc) is 2.16. The second kappa shape index (κ2) is 3.49. The van der Waals surface area contributed by atoms with Gasteiger partial charge in [0, 0.05) is 17.0 Å². The van der Waals surface area contributed by atoms with Crippen LogP contribution in [0.4, 0.5) is 5.69 Å². The van der Waals surface area contributed by atoms with Crippen LogP contribution >= 0.6 is 0 Å². The molecular weight excluding hydrogens is 182 g/mol. The average molecular weight is 201 g/mol. The number of hydrogen-bond acceptors (Lipinski definition) is 1. The molecule has 0 bridgehead atoms. The van der Waals surface area contributed by atoms with Crippen molar-refractivity contribution >= 4 is 11.3 Å². The molecule has 0 saturated carbocycles. The van der Waals surface area contributed by atoms with Gasteiger partial charge >= 0.3 is 0 Å². The van der Waals surface area contributed by atoms with Gasteiger partial charge in [0.15, 0.2) is 11.7 Å². The topological polar surface area (TPSA) is 15.6 Å². The highest BCUT2D eigenvalue weighted by Crippen LogP contribution is 2.28. The molecule has 1 radical (unpaired) electrons. The van der Waals surface area contributed by atoms with Crippen molar-refractivity contribution in [3.05, 3.63) is 35.9 Å². The van der Waals surface area contributed by atoms with Gasteiger partial charge < -0.3 is 0 Å². The van der Waals surface area contributed by atoms with Crippen LogP contribution in [-0.4, -0.2) is 6.04 Å². The van der Waals surface area contributed by atoms with E-state index in [1.54, 1.807) is 0 Å². The van der Waals surface area contributed by atoms with E-state index in [1.807, 2.05) is 0 Å². The molecule has 15 heavy (non-hydrogen) atoms. The minimum absolute atomic E-state index is 0.259. The van der Waals surface area contributed by atoms with E-state index in [0.29, 0.717) is 6.04 Å². The zero-order chi connectivity index (χ0) is 11.1. The Kier molecular flexibility index (Phi) is 2.43. The van der Waals surface area contributed by atoms with Gasteiger partial charge in [-0.15, -0.1) is 5.32 Å². The zero-order valence-electron chi connectivity index (χ0n) is 9.96. The lowest BCUT2D eigenvalue weighted by molar-refractivity contribution is -0.614. The van der Waals surface area contributed by atoms with Crippen LogP contribution in [0, 0.1) is 5.41 Å². The molecule has 1 atom stereocenters. The molecule has 1 N–H and O–H groups in total. The van der Waals surface area contributed by atoms with Gasteiger partial charge in [0.2, 0.25) is 0 Å². The van der Waals surface area contributed by atoms with Crippen LogP contribution in [0.25, 0.3) is 5.57 Å². The minimum Gasteiger partial charge on any atom is -0.139 e. The first-order chi connectivity index (χ1) is 6.98. The zero-order valence-corrected chi connectivity index (χ0v) is 9.96. The SMILES string of the molecule is CC1=CC(C(C)(C)C)[NH+]c2ccccc21. The van der Waals surface area contributed by atoms with Crippen molar-refractivity contribution in [2.24, 2.45) is 5.41 Å². The van der Waals surface area contributed by atoms with Crippen molar-refractivity contribution in [2.75, 3.05) is 0 Å². The summed E-state index contributed by atoms with van der Waals surface area (Å²) in [6.45, 7) is 8.99. The number of allylic oxidation sites excluding steroid dienone is 1. The van der Waals surface area contributed by atoms with Crippen LogP contribution < -0.4 is 5.32 Å². The highest BCUT2D eigenvalue weighted by atomic mass is 14.9. The van der Waals surface area contributed by atoms with Gasteiger partial charge in [-0.3, -0.25) is 0 Å². The predicted octanol–water partition coefficient (Wildman–Crippen LogP) is 2.50. The standard InChI is InChI=1S/C14H19N/c1-10-9-13(14(2,3)4)15-12-8-6-5-7-11(10)12/h5-9,13,15H,1-4H3/q+1. The van der Waals surface area contributed by atoms with E-state index in [0.717, 1.165) is 0 Å². The lowest BCUT2D eigenvalue weighted by Gasteiger charge is -2.26. The molecule has 1 unspecified atom stereocenters. The Morgan fingerprint density at radius 2 is 1.80 bits per heavy atom. The normalized spacial score (nSPS) is 20.8. The van der Waals surface area contributed by atoms with Crippen molar-refractivity contribution in [1.29, 1.82) is 0 Å². The molecule has 1 aromatic carbocycles. The summed E-state index contributed by atoms with van der Waals surface area (Å²) < 4.78 is 0. The Hall–Kier alpha value is -1.08.